The second-order valence-electron chi connectivity index (χ2n) is 2.89. The van der Waals surface area contributed by atoms with Crippen molar-refractivity contribution in [2.24, 2.45) is 5.73 Å². The summed E-state index contributed by atoms with van der Waals surface area (Å²) in [6.07, 6.45) is 0. The molecule has 0 heterocycles. The molecule has 1 atom stereocenters. The van der Waals surface area contributed by atoms with Crippen LogP contribution in [0.3, 0.4) is 0 Å². The molecule has 0 aliphatic rings. The molecule has 66 valence electrons. The van der Waals surface area contributed by atoms with Crippen molar-refractivity contribution < 1.29 is 4.39 Å². The van der Waals surface area contributed by atoms with Crippen molar-refractivity contribution in [2.75, 3.05) is 0 Å². The lowest BCUT2D eigenvalue weighted by Crippen LogP contribution is -2.07. The van der Waals surface area contributed by atoms with Crippen LogP contribution in [0.5, 0.6) is 0 Å². The summed E-state index contributed by atoms with van der Waals surface area (Å²) in [5, 5.41) is 0. The molecule has 0 saturated carbocycles. The maximum Gasteiger partial charge on any atom is 0.140 e. The largest absolute Gasteiger partial charge is 0.324 e. The third-order valence-electron chi connectivity index (χ3n) is 1.80. The van der Waals surface area contributed by atoms with Gasteiger partial charge in [0, 0.05) is 6.04 Å². The maximum atomic E-state index is 13.2. The molecule has 1 aromatic rings. The molecular formula is C9H11BrFN. The van der Waals surface area contributed by atoms with Gasteiger partial charge in [-0.05, 0) is 40.9 Å². The van der Waals surface area contributed by atoms with Crippen LogP contribution in [0.15, 0.2) is 16.6 Å². The van der Waals surface area contributed by atoms with Crippen molar-refractivity contribution in [3.8, 4) is 0 Å². The summed E-state index contributed by atoms with van der Waals surface area (Å²) in [6, 6.07) is 3.43. The minimum Gasteiger partial charge on any atom is -0.324 e. The van der Waals surface area contributed by atoms with Crippen molar-refractivity contribution in [2.45, 2.75) is 19.9 Å². The molecule has 3 heteroatoms. The highest BCUT2D eigenvalue weighted by atomic mass is 79.9. The van der Waals surface area contributed by atoms with E-state index < -0.39 is 0 Å². The van der Waals surface area contributed by atoms with Crippen LogP contribution in [0.2, 0.25) is 0 Å². The molecule has 0 aliphatic carbocycles. The van der Waals surface area contributed by atoms with Gasteiger partial charge in [-0.15, -0.1) is 0 Å². The quantitative estimate of drug-likeness (QED) is 0.791. The van der Waals surface area contributed by atoms with Crippen LogP contribution >= 0.6 is 15.9 Å². The molecule has 0 spiro atoms. The van der Waals surface area contributed by atoms with Crippen molar-refractivity contribution in [1.29, 1.82) is 0 Å². The van der Waals surface area contributed by atoms with E-state index in [9.17, 15) is 4.39 Å². The van der Waals surface area contributed by atoms with Gasteiger partial charge in [0.05, 0.1) is 4.47 Å². The van der Waals surface area contributed by atoms with E-state index in [4.69, 9.17) is 5.73 Å². The van der Waals surface area contributed by atoms with Gasteiger partial charge in [-0.2, -0.15) is 0 Å². The zero-order valence-electron chi connectivity index (χ0n) is 7.07. The van der Waals surface area contributed by atoms with E-state index in [0.29, 0.717) is 10.0 Å². The molecular weight excluding hydrogens is 221 g/mol. The number of rotatable bonds is 1. The first-order chi connectivity index (χ1) is 5.54. The molecule has 1 rings (SSSR count). The summed E-state index contributed by atoms with van der Waals surface area (Å²) >= 11 is 3.18. The monoisotopic (exact) mass is 231 g/mol. The summed E-state index contributed by atoms with van der Waals surface area (Å²) in [7, 11) is 0. The number of hydrogen-bond acceptors (Lipinski definition) is 1. The second-order valence-corrected chi connectivity index (χ2v) is 3.68. The minimum atomic E-state index is -0.218. The summed E-state index contributed by atoms with van der Waals surface area (Å²) in [5.41, 5.74) is 7.07. The summed E-state index contributed by atoms with van der Waals surface area (Å²) < 4.78 is 13.7. The Morgan fingerprint density at radius 2 is 2.08 bits per heavy atom. The zero-order valence-corrected chi connectivity index (χ0v) is 8.65. The maximum absolute atomic E-state index is 13.2. The van der Waals surface area contributed by atoms with Crippen LogP contribution < -0.4 is 5.73 Å². The van der Waals surface area contributed by atoms with Crippen molar-refractivity contribution in [3.63, 3.8) is 0 Å². The third-order valence-corrected chi connectivity index (χ3v) is 2.60. The first-order valence-electron chi connectivity index (χ1n) is 3.74. The average molecular weight is 232 g/mol. The smallest absolute Gasteiger partial charge is 0.140 e. The Kier molecular flexibility index (Phi) is 2.85. The van der Waals surface area contributed by atoms with E-state index in [1.807, 2.05) is 13.0 Å². The Hall–Kier alpha value is -0.410. The predicted molar refractivity (Wildman–Crippen MR) is 51.4 cm³/mol. The highest BCUT2D eigenvalue weighted by Crippen LogP contribution is 2.26. The first-order valence-corrected chi connectivity index (χ1v) is 4.53. The fourth-order valence-corrected chi connectivity index (χ4v) is 1.82. The predicted octanol–water partition coefficient (Wildman–Crippen LogP) is 2.92. The molecule has 12 heavy (non-hydrogen) atoms. The Balaban J connectivity index is 3.27. The minimum absolute atomic E-state index is 0.144. The Bertz CT molecular complexity index is 297. The molecule has 0 saturated heterocycles. The van der Waals surface area contributed by atoms with Gasteiger partial charge in [0.15, 0.2) is 0 Å². The van der Waals surface area contributed by atoms with Crippen LogP contribution in [0, 0.1) is 12.7 Å². The van der Waals surface area contributed by atoms with Gasteiger partial charge in [-0.25, -0.2) is 4.39 Å². The zero-order chi connectivity index (χ0) is 9.30. The SMILES string of the molecule is Cc1ccc(C(C)N)c(Br)c1F. The lowest BCUT2D eigenvalue weighted by atomic mass is 10.1. The van der Waals surface area contributed by atoms with Gasteiger partial charge in [-0.1, -0.05) is 12.1 Å². The molecule has 0 radical (unpaired) electrons. The molecule has 0 bridgehead atoms. The van der Waals surface area contributed by atoms with E-state index in [2.05, 4.69) is 15.9 Å². The van der Waals surface area contributed by atoms with Crippen molar-refractivity contribution in [1.82, 2.24) is 0 Å². The molecule has 1 nitrogen and oxygen atoms in total. The second kappa shape index (κ2) is 3.54. The molecule has 0 fully saturated rings. The van der Waals surface area contributed by atoms with Gasteiger partial charge < -0.3 is 5.73 Å². The average Bonchev–Trinajstić information content (AvgIpc) is 2.00. The molecule has 0 aliphatic heterocycles. The van der Waals surface area contributed by atoms with Crippen molar-refractivity contribution >= 4 is 15.9 Å². The topological polar surface area (TPSA) is 26.0 Å². The summed E-state index contributed by atoms with van der Waals surface area (Å²) in [4.78, 5) is 0. The number of halogens is 2. The van der Waals surface area contributed by atoms with E-state index in [0.717, 1.165) is 5.56 Å². The lowest BCUT2D eigenvalue weighted by molar-refractivity contribution is 0.605. The lowest BCUT2D eigenvalue weighted by Gasteiger charge is -2.09. The van der Waals surface area contributed by atoms with Gasteiger partial charge in [0.2, 0.25) is 0 Å². The van der Waals surface area contributed by atoms with Gasteiger partial charge >= 0.3 is 0 Å². The van der Waals surface area contributed by atoms with E-state index in [1.165, 1.54) is 0 Å². The van der Waals surface area contributed by atoms with Gasteiger partial charge in [0.1, 0.15) is 5.82 Å². The molecule has 0 amide bonds. The van der Waals surface area contributed by atoms with Crippen LogP contribution in [0.4, 0.5) is 4.39 Å². The fourth-order valence-electron chi connectivity index (χ4n) is 1.01. The van der Waals surface area contributed by atoms with Gasteiger partial charge in [0.25, 0.3) is 0 Å². The number of nitrogens with two attached hydrogens (primary N) is 1. The van der Waals surface area contributed by atoms with E-state index in [-0.39, 0.29) is 11.9 Å². The number of benzene rings is 1. The van der Waals surface area contributed by atoms with E-state index >= 15 is 0 Å². The van der Waals surface area contributed by atoms with Crippen LogP contribution in [-0.2, 0) is 0 Å². The number of hydrogen-bond donors (Lipinski definition) is 1. The van der Waals surface area contributed by atoms with Gasteiger partial charge in [-0.3, -0.25) is 0 Å². The molecule has 2 N–H and O–H groups in total. The van der Waals surface area contributed by atoms with Crippen LogP contribution in [0.1, 0.15) is 24.1 Å². The first kappa shape index (κ1) is 9.68. The van der Waals surface area contributed by atoms with Crippen molar-refractivity contribution in [3.05, 3.63) is 33.5 Å². The Morgan fingerprint density at radius 3 is 2.58 bits per heavy atom. The van der Waals surface area contributed by atoms with E-state index in [1.54, 1.807) is 13.0 Å². The Morgan fingerprint density at radius 1 is 1.50 bits per heavy atom. The summed E-state index contributed by atoms with van der Waals surface area (Å²) in [5.74, 6) is -0.218. The van der Waals surface area contributed by atoms with Crippen LogP contribution in [0.25, 0.3) is 0 Å². The normalized spacial score (nSPS) is 13.1. The summed E-state index contributed by atoms with van der Waals surface area (Å²) in [6.45, 7) is 3.56. The highest BCUT2D eigenvalue weighted by molar-refractivity contribution is 9.10. The number of aryl methyl sites for hydroxylation is 1. The Labute approximate surface area is 79.9 Å². The third kappa shape index (κ3) is 1.67. The van der Waals surface area contributed by atoms with Crippen LogP contribution in [-0.4, -0.2) is 0 Å². The molecule has 0 aromatic heterocycles. The molecule has 1 aromatic carbocycles. The highest BCUT2D eigenvalue weighted by Gasteiger charge is 2.10. The fraction of sp³-hybridized carbons (Fsp3) is 0.333. The standard InChI is InChI=1S/C9H11BrFN/c1-5-3-4-7(6(2)12)8(10)9(5)11/h3-4,6H,12H2,1-2H3. The molecule has 1 unspecified atom stereocenters.